The van der Waals surface area contributed by atoms with Crippen LogP contribution in [0.25, 0.3) is 22.7 Å². The molecule has 2 heterocycles. The molecule has 2 aromatic carbocycles. The molecule has 152 valence electrons. The van der Waals surface area contributed by atoms with E-state index in [0.717, 1.165) is 11.1 Å². The van der Waals surface area contributed by atoms with Crippen molar-refractivity contribution in [3.63, 3.8) is 0 Å². The van der Waals surface area contributed by atoms with Gasteiger partial charge in [0.15, 0.2) is 6.61 Å². The van der Waals surface area contributed by atoms with E-state index < -0.39 is 12.6 Å². The summed E-state index contributed by atoms with van der Waals surface area (Å²) < 4.78 is 29.6. The highest BCUT2D eigenvalue weighted by molar-refractivity contribution is 5.73. The van der Waals surface area contributed by atoms with Crippen molar-refractivity contribution in [2.45, 2.75) is 13.8 Å². The highest BCUT2D eigenvalue weighted by atomic mass is 19.1. The zero-order chi connectivity index (χ0) is 21.3. The smallest absolute Gasteiger partial charge is 0.341 e. The van der Waals surface area contributed by atoms with Crippen LogP contribution in [-0.4, -0.2) is 32.6 Å². The van der Waals surface area contributed by atoms with E-state index in [0.29, 0.717) is 28.5 Å². The molecule has 4 rings (SSSR count). The van der Waals surface area contributed by atoms with E-state index in [9.17, 15) is 9.18 Å². The first-order chi connectivity index (χ1) is 14.4. The van der Waals surface area contributed by atoms with Crippen LogP contribution in [0.3, 0.4) is 0 Å². The number of carbonyl (C=O) groups is 1. The van der Waals surface area contributed by atoms with E-state index in [2.05, 4.69) is 15.0 Å². The molecular weight excluding hydrogens is 393 g/mol. The highest BCUT2D eigenvalue weighted by Gasteiger charge is 2.15. The zero-order valence-electron chi connectivity index (χ0n) is 16.0. The first-order valence-electron chi connectivity index (χ1n) is 8.92. The summed E-state index contributed by atoms with van der Waals surface area (Å²) in [4.78, 5) is 23.4. The van der Waals surface area contributed by atoms with E-state index in [-0.39, 0.29) is 17.5 Å². The number of hydrogen-bond donors (Lipinski definition) is 1. The number of aromatic nitrogens is 3. The van der Waals surface area contributed by atoms with Gasteiger partial charge in [-0.1, -0.05) is 0 Å². The number of nitrogens with zero attached hydrogens (tertiary/aromatic N) is 3. The van der Waals surface area contributed by atoms with Crippen molar-refractivity contribution < 1.29 is 28.2 Å². The summed E-state index contributed by atoms with van der Waals surface area (Å²) in [6.07, 6.45) is 1.47. The van der Waals surface area contributed by atoms with Gasteiger partial charge in [-0.25, -0.2) is 19.2 Å². The van der Waals surface area contributed by atoms with Crippen LogP contribution in [0.5, 0.6) is 17.5 Å². The molecule has 2 aromatic heterocycles. The summed E-state index contributed by atoms with van der Waals surface area (Å²) in [6, 6.07) is 9.10. The maximum Gasteiger partial charge on any atom is 0.341 e. The number of halogens is 1. The first-order valence-corrected chi connectivity index (χ1v) is 8.92. The Morgan fingerprint density at radius 1 is 1.13 bits per heavy atom. The second-order valence-corrected chi connectivity index (χ2v) is 6.54. The second kappa shape index (κ2) is 7.78. The minimum absolute atomic E-state index is 0.0431. The molecule has 0 atom stereocenters. The van der Waals surface area contributed by atoms with Crippen LogP contribution in [0.15, 0.2) is 47.0 Å². The SMILES string of the molecule is Cc1cc(-c2nc3cnc(Oc4ccc(F)cc4)nc3o2)cc(C)c1OCC(=O)O. The van der Waals surface area contributed by atoms with Crippen LogP contribution in [0.4, 0.5) is 4.39 Å². The number of aliphatic carboxylic acids is 1. The Kier molecular flexibility index (Phi) is 5.01. The lowest BCUT2D eigenvalue weighted by molar-refractivity contribution is -0.139. The van der Waals surface area contributed by atoms with Crippen molar-refractivity contribution in [2.24, 2.45) is 0 Å². The summed E-state index contributed by atoms with van der Waals surface area (Å²) in [5.41, 5.74) is 2.86. The molecule has 0 spiro atoms. The van der Waals surface area contributed by atoms with Gasteiger partial charge in [0.1, 0.15) is 22.8 Å². The molecule has 30 heavy (non-hydrogen) atoms. The third-order valence-corrected chi connectivity index (χ3v) is 4.20. The van der Waals surface area contributed by atoms with Gasteiger partial charge in [0.2, 0.25) is 5.89 Å². The third kappa shape index (κ3) is 4.04. The Balaban J connectivity index is 1.62. The molecule has 0 fully saturated rings. The topological polar surface area (TPSA) is 108 Å². The van der Waals surface area contributed by atoms with Crippen LogP contribution < -0.4 is 9.47 Å². The maximum absolute atomic E-state index is 13.0. The maximum atomic E-state index is 13.0. The molecule has 1 N–H and O–H groups in total. The Labute approximate surface area is 169 Å². The monoisotopic (exact) mass is 409 g/mol. The largest absolute Gasteiger partial charge is 0.481 e. The van der Waals surface area contributed by atoms with Crippen molar-refractivity contribution in [3.05, 3.63) is 59.5 Å². The van der Waals surface area contributed by atoms with Crippen LogP contribution in [0.2, 0.25) is 0 Å². The molecule has 0 aliphatic heterocycles. The summed E-state index contributed by atoms with van der Waals surface area (Å²) in [5.74, 6) is -0.197. The Morgan fingerprint density at radius 3 is 2.50 bits per heavy atom. The lowest BCUT2D eigenvalue weighted by Gasteiger charge is -2.11. The lowest BCUT2D eigenvalue weighted by Crippen LogP contribution is -2.10. The van der Waals surface area contributed by atoms with Crippen molar-refractivity contribution in [1.29, 1.82) is 0 Å². The number of oxazole rings is 1. The van der Waals surface area contributed by atoms with Crippen LogP contribution in [-0.2, 0) is 4.79 Å². The van der Waals surface area contributed by atoms with E-state index in [1.165, 1.54) is 30.5 Å². The van der Waals surface area contributed by atoms with Crippen molar-refractivity contribution in [1.82, 2.24) is 15.0 Å². The van der Waals surface area contributed by atoms with E-state index >= 15 is 0 Å². The van der Waals surface area contributed by atoms with Gasteiger partial charge in [0, 0.05) is 5.56 Å². The number of aryl methyl sites for hydroxylation is 2. The number of carboxylic acids is 1. The van der Waals surface area contributed by atoms with Gasteiger partial charge in [-0.2, -0.15) is 4.98 Å². The average molecular weight is 409 g/mol. The fourth-order valence-corrected chi connectivity index (χ4v) is 2.94. The van der Waals surface area contributed by atoms with Crippen molar-refractivity contribution in [3.8, 4) is 29.0 Å². The van der Waals surface area contributed by atoms with Gasteiger partial charge in [-0.3, -0.25) is 0 Å². The predicted octanol–water partition coefficient (Wildman–Crippen LogP) is 4.30. The van der Waals surface area contributed by atoms with Crippen molar-refractivity contribution in [2.75, 3.05) is 6.61 Å². The van der Waals surface area contributed by atoms with Gasteiger partial charge < -0.3 is 19.0 Å². The lowest BCUT2D eigenvalue weighted by atomic mass is 10.1. The van der Waals surface area contributed by atoms with Gasteiger partial charge >= 0.3 is 12.0 Å². The summed E-state index contributed by atoms with van der Waals surface area (Å²) in [6.45, 7) is 3.20. The summed E-state index contributed by atoms with van der Waals surface area (Å²) >= 11 is 0. The van der Waals surface area contributed by atoms with Crippen molar-refractivity contribution >= 4 is 17.2 Å². The minimum Gasteiger partial charge on any atom is -0.481 e. The molecule has 9 heteroatoms. The first kappa shape index (κ1) is 19.3. The van der Waals surface area contributed by atoms with Gasteiger partial charge in [-0.15, -0.1) is 0 Å². The summed E-state index contributed by atoms with van der Waals surface area (Å²) in [7, 11) is 0. The second-order valence-electron chi connectivity index (χ2n) is 6.54. The molecule has 0 amide bonds. The summed E-state index contributed by atoms with van der Waals surface area (Å²) in [5, 5.41) is 8.81. The number of benzene rings is 2. The fraction of sp³-hybridized carbons (Fsp3) is 0.143. The average Bonchev–Trinajstić information content (AvgIpc) is 3.12. The Hall–Kier alpha value is -4.01. The minimum atomic E-state index is -1.05. The Bertz CT molecular complexity index is 1210. The molecule has 4 aromatic rings. The van der Waals surface area contributed by atoms with Gasteiger partial charge in [-0.05, 0) is 61.4 Å². The number of rotatable bonds is 6. The number of carboxylic acid groups (broad SMARTS) is 1. The number of hydrogen-bond acceptors (Lipinski definition) is 7. The third-order valence-electron chi connectivity index (χ3n) is 4.20. The molecule has 0 radical (unpaired) electrons. The molecule has 0 bridgehead atoms. The molecule has 0 saturated carbocycles. The fourth-order valence-electron chi connectivity index (χ4n) is 2.94. The molecule has 8 nitrogen and oxygen atoms in total. The standard InChI is InChI=1S/C21H16FN3O5/c1-11-7-13(8-12(2)18(11)28-10-17(26)27)19-24-16-9-23-21(25-20(16)30-19)29-15-5-3-14(22)4-6-15/h3-9H,10H2,1-2H3,(H,26,27). The van der Waals surface area contributed by atoms with E-state index in [1.807, 2.05) is 13.8 Å². The highest BCUT2D eigenvalue weighted by Crippen LogP contribution is 2.31. The van der Waals surface area contributed by atoms with Crippen LogP contribution in [0, 0.1) is 19.7 Å². The number of ether oxygens (including phenoxy) is 2. The molecule has 0 unspecified atom stereocenters. The predicted molar refractivity (Wildman–Crippen MR) is 104 cm³/mol. The van der Waals surface area contributed by atoms with Crippen LogP contribution >= 0.6 is 0 Å². The number of fused-ring (bicyclic) bond motifs is 1. The van der Waals surface area contributed by atoms with Crippen LogP contribution in [0.1, 0.15) is 11.1 Å². The zero-order valence-corrected chi connectivity index (χ0v) is 16.0. The molecule has 0 aliphatic rings. The normalized spacial score (nSPS) is 10.9. The van der Waals surface area contributed by atoms with E-state index in [1.54, 1.807) is 12.1 Å². The molecule has 0 saturated heterocycles. The van der Waals surface area contributed by atoms with E-state index in [4.69, 9.17) is 19.0 Å². The molecule has 0 aliphatic carbocycles. The Morgan fingerprint density at radius 2 is 1.83 bits per heavy atom. The quantitative estimate of drug-likeness (QED) is 0.502. The van der Waals surface area contributed by atoms with Gasteiger partial charge in [0.05, 0.1) is 6.20 Å². The molecular formula is C21H16FN3O5. The van der Waals surface area contributed by atoms with Gasteiger partial charge in [0.25, 0.3) is 5.71 Å².